The van der Waals surface area contributed by atoms with E-state index in [-0.39, 0.29) is 6.04 Å². The van der Waals surface area contributed by atoms with Crippen LogP contribution in [0.25, 0.3) is 0 Å². The molecule has 1 aromatic rings. The quantitative estimate of drug-likeness (QED) is 0.579. The molecule has 0 saturated heterocycles. The summed E-state index contributed by atoms with van der Waals surface area (Å²) in [5.74, 6) is -1.59. The zero-order valence-electron chi connectivity index (χ0n) is 18.4. The molecule has 3 rings (SSSR count). The Bertz CT molecular complexity index is 790. The lowest BCUT2D eigenvalue weighted by molar-refractivity contribution is -0.222. The maximum atomic E-state index is 11.5. The van der Waals surface area contributed by atoms with Gasteiger partial charge in [-0.2, -0.15) is 0 Å². The number of rotatable bonds is 7. The maximum Gasteiger partial charge on any atom is 0.705 e. The van der Waals surface area contributed by atoms with E-state index >= 15 is 0 Å². The van der Waals surface area contributed by atoms with Crippen LogP contribution >= 0.6 is 0 Å². The van der Waals surface area contributed by atoms with Gasteiger partial charge in [0.1, 0.15) is 5.75 Å². The fourth-order valence-corrected chi connectivity index (χ4v) is 6.51. The van der Waals surface area contributed by atoms with Crippen LogP contribution in [0.4, 0.5) is 0 Å². The van der Waals surface area contributed by atoms with Crippen LogP contribution in [0.5, 0.6) is 5.75 Å². The first kappa shape index (κ1) is 23.3. The average Bonchev–Trinajstić information content (AvgIpc) is 2.67. The largest absolute Gasteiger partial charge is 0.705 e. The molecule has 0 amide bonds. The van der Waals surface area contributed by atoms with Crippen molar-refractivity contribution >= 4 is 26.7 Å². The fourth-order valence-electron chi connectivity index (χ4n) is 4.16. The maximum absolute atomic E-state index is 11.5. The van der Waals surface area contributed by atoms with Gasteiger partial charge in [-0.15, -0.1) is 0 Å². The fraction of sp³-hybridized carbons (Fsp3) is 0.591. The highest BCUT2D eigenvalue weighted by Crippen LogP contribution is 2.40. The first-order valence-electron chi connectivity index (χ1n) is 10.7. The first-order chi connectivity index (χ1) is 14.7. The van der Waals surface area contributed by atoms with Crippen LogP contribution in [0.2, 0.25) is 6.04 Å². The molecule has 1 saturated carbocycles. The van der Waals surface area contributed by atoms with Crippen LogP contribution in [0.3, 0.4) is 0 Å². The number of benzene rings is 1. The molecule has 0 unspecified atom stereocenters. The molecule has 9 heteroatoms. The van der Waals surface area contributed by atoms with Gasteiger partial charge < -0.3 is 22.8 Å². The molecule has 0 bridgehead atoms. The lowest BCUT2D eigenvalue weighted by Gasteiger charge is -2.41. The molecule has 1 aliphatic heterocycles. The minimum Gasteiger partial charge on any atom is -0.462 e. The molecule has 170 valence electrons. The molecule has 0 atom stereocenters. The van der Waals surface area contributed by atoms with Crippen LogP contribution < -0.4 is 4.74 Å². The van der Waals surface area contributed by atoms with Crippen molar-refractivity contribution in [3.05, 3.63) is 29.3 Å². The molecule has 0 N–H and O–H groups in total. The van der Waals surface area contributed by atoms with E-state index in [0.717, 1.165) is 42.6 Å². The highest BCUT2D eigenvalue weighted by atomic mass is 28.4. The lowest BCUT2D eigenvalue weighted by Crippen LogP contribution is -2.49. The van der Waals surface area contributed by atoms with E-state index in [1.54, 1.807) is 0 Å². The predicted octanol–water partition coefficient (Wildman–Crippen LogP) is 3.82. The van der Waals surface area contributed by atoms with Crippen molar-refractivity contribution in [2.45, 2.75) is 84.2 Å². The summed E-state index contributed by atoms with van der Waals surface area (Å²) in [4.78, 5) is 34.6. The zero-order chi connectivity index (χ0) is 22.5. The van der Waals surface area contributed by atoms with Crippen molar-refractivity contribution in [1.82, 2.24) is 0 Å². The number of carbonyl (C=O) groups is 3. The molecule has 2 aliphatic rings. The third kappa shape index (κ3) is 6.30. The van der Waals surface area contributed by atoms with Gasteiger partial charge >= 0.3 is 8.80 Å². The minimum absolute atomic E-state index is 0.152. The van der Waals surface area contributed by atoms with E-state index in [0.29, 0.717) is 19.4 Å². The van der Waals surface area contributed by atoms with E-state index in [4.69, 9.17) is 22.8 Å². The molecular weight excluding hydrogens is 420 g/mol. The Morgan fingerprint density at radius 3 is 2.16 bits per heavy atom. The molecule has 0 radical (unpaired) electrons. The highest BCUT2D eigenvalue weighted by molar-refractivity contribution is 6.65. The Kier molecular flexibility index (Phi) is 7.37. The van der Waals surface area contributed by atoms with Gasteiger partial charge in [0, 0.05) is 39.2 Å². The number of ether oxygens (including phenoxy) is 2. The second kappa shape index (κ2) is 9.82. The molecule has 1 spiro atoms. The van der Waals surface area contributed by atoms with Gasteiger partial charge in [0.15, 0.2) is 0 Å². The van der Waals surface area contributed by atoms with Crippen molar-refractivity contribution in [2.75, 3.05) is 0 Å². The smallest absolute Gasteiger partial charge is 0.462 e. The van der Waals surface area contributed by atoms with Crippen LogP contribution in [-0.4, -0.2) is 32.5 Å². The summed E-state index contributed by atoms with van der Waals surface area (Å²) in [5.41, 5.74) is 2.04. The number of aryl methyl sites for hydroxylation is 1. The third-order valence-electron chi connectivity index (χ3n) is 5.37. The SMILES string of the molecule is CC(=O)O[Si](CCCc1ccc2c(c1)COC1(CCCCC1)O2)(OC(C)=O)OC(C)=O. The predicted molar refractivity (Wildman–Crippen MR) is 112 cm³/mol. The lowest BCUT2D eigenvalue weighted by atomic mass is 9.93. The number of hydrogen-bond donors (Lipinski definition) is 0. The molecule has 1 heterocycles. The molecule has 31 heavy (non-hydrogen) atoms. The van der Waals surface area contributed by atoms with E-state index in [2.05, 4.69) is 0 Å². The summed E-state index contributed by atoms with van der Waals surface area (Å²) in [7, 11) is -3.79. The van der Waals surface area contributed by atoms with Gasteiger partial charge in [0.25, 0.3) is 17.9 Å². The first-order valence-corrected chi connectivity index (χ1v) is 12.7. The second-order valence-electron chi connectivity index (χ2n) is 8.12. The Labute approximate surface area is 183 Å². The summed E-state index contributed by atoms with van der Waals surface area (Å²) < 4.78 is 28.0. The van der Waals surface area contributed by atoms with E-state index in [9.17, 15) is 14.4 Å². The van der Waals surface area contributed by atoms with Crippen molar-refractivity contribution < 1.29 is 37.1 Å². The Hall–Kier alpha value is -2.39. The third-order valence-corrected chi connectivity index (χ3v) is 8.13. The number of hydrogen-bond acceptors (Lipinski definition) is 8. The van der Waals surface area contributed by atoms with Crippen LogP contribution in [0, 0.1) is 0 Å². The summed E-state index contributed by atoms with van der Waals surface area (Å²) >= 11 is 0. The molecule has 1 aromatic carbocycles. The van der Waals surface area contributed by atoms with Crippen LogP contribution in [-0.2, 0) is 45.4 Å². The molecule has 1 aliphatic carbocycles. The van der Waals surface area contributed by atoms with Gasteiger partial charge in [-0.3, -0.25) is 14.4 Å². The van der Waals surface area contributed by atoms with Crippen molar-refractivity contribution in [2.24, 2.45) is 0 Å². The Morgan fingerprint density at radius 1 is 0.968 bits per heavy atom. The van der Waals surface area contributed by atoms with Crippen molar-refractivity contribution in [1.29, 1.82) is 0 Å². The van der Waals surface area contributed by atoms with E-state index in [1.165, 1.54) is 27.2 Å². The van der Waals surface area contributed by atoms with Crippen molar-refractivity contribution in [3.8, 4) is 5.75 Å². The summed E-state index contributed by atoms with van der Waals surface area (Å²) in [6, 6.07) is 6.16. The average molecular weight is 451 g/mol. The van der Waals surface area contributed by atoms with Crippen LogP contribution in [0.1, 0.15) is 70.4 Å². The Morgan fingerprint density at radius 2 is 1.58 bits per heavy atom. The van der Waals surface area contributed by atoms with Gasteiger partial charge in [-0.25, -0.2) is 0 Å². The van der Waals surface area contributed by atoms with E-state index < -0.39 is 32.5 Å². The van der Waals surface area contributed by atoms with Gasteiger partial charge in [0.2, 0.25) is 5.79 Å². The monoisotopic (exact) mass is 450 g/mol. The highest BCUT2D eigenvalue weighted by Gasteiger charge is 2.51. The second-order valence-corrected chi connectivity index (χ2v) is 10.6. The molecule has 0 aromatic heterocycles. The zero-order valence-corrected chi connectivity index (χ0v) is 19.4. The van der Waals surface area contributed by atoms with E-state index in [1.807, 2.05) is 18.2 Å². The van der Waals surface area contributed by atoms with Gasteiger partial charge in [-0.05, 0) is 43.4 Å². The van der Waals surface area contributed by atoms with Crippen LogP contribution in [0.15, 0.2) is 18.2 Å². The Balaban J connectivity index is 1.65. The van der Waals surface area contributed by atoms with Crippen molar-refractivity contribution in [3.63, 3.8) is 0 Å². The molecule has 8 nitrogen and oxygen atoms in total. The summed E-state index contributed by atoms with van der Waals surface area (Å²) in [5, 5.41) is 0. The summed E-state index contributed by atoms with van der Waals surface area (Å²) in [6.45, 7) is 4.09. The standard InChI is InChI=1S/C22H30O8Si/c1-16(23)28-31(29-17(2)24,30-18(3)25)13-7-8-19-9-10-21-20(14-19)15-26-22(27-21)11-5-4-6-12-22/h9-10,14H,4-8,11-13,15H2,1-3H3. The van der Waals surface area contributed by atoms with Gasteiger partial charge in [-0.1, -0.05) is 12.5 Å². The van der Waals surface area contributed by atoms with Gasteiger partial charge in [0.05, 0.1) is 12.7 Å². The summed E-state index contributed by atoms with van der Waals surface area (Å²) in [6.07, 6.45) is 6.42. The minimum atomic E-state index is -3.79. The molecule has 1 fully saturated rings. The topological polar surface area (TPSA) is 97.4 Å². The number of fused-ring (bicyclic) bond motifs is 1. The number of carbonyl (C=O) groups excluding carboxylic acids is 3. The normalized spacial score (nSPS) is 17.3. The molecular formula is C22H30O8Si.